The van der Waals surface area contributed by atoms with Gasteiger partial charge in [-0.3, -0.25) is 0 Å². The van der Waals surface area contributed by atoms with Crippen molar-refractivity contribution in [1.29, 1.82) is 0 Å². The molecular formula is C15H15BrCl2S. The van der Waals surface area contributed by atoms with Crippen molar-refractivity contribution < 1.29 is 0 Å². The minimum absolute atomic E-state index is 0.0746. The summed E-state index contributed by atoms with van der Waals surface area (Å²) >= 11 is 17.7. The Kier molecular flexibility index (Phi) is 5.76. The molecule has 1 aromatic heterocycles. The molecule has 0 saturated carbocycles. The molecule has 1 aromatic carbocycles. The molecule has 2 aromatic rings. The van der Waals surface area contributed by atoms with Gasteiger partial charge in [0.1, 0.15) is 0 Å². The van der Waals surface area contributed by atoms with Crippen LogP contribution in [0.5, 0.6) is 0 Å². The van der Waals surface area contributed by atoms with Crippen LogP contribution in [0.2, 0.25) is 0 Å². The number of hydrogen-bond acceptors (Lipinski definition) is 1. The van der Waals surface area contributed by atoms with Gasteiger partial charge in [0.15, 0.2) is 0 Å². The van der Waals surface area contributed by atoms with Gasteiger partial charge in [-0.05, 0) is 40.4 Å². The Hall–Kier alpha value is -0.0200. The van der Waals surface area contributed by atoms with Gasteiger partial charge < -0.3 is 0 Å². The lowest BCUT2D eigenvalue weighted by Crippen LogP contribution is -2.30. The van der Waals surface area contributed by atoms with Gasteiger partial charge in [0.25, 0.3) is 0 Å². The third-order valence-corrected chi connectivity index (χ3v) is 5.99. The molecule has 0 atom stereocenters. The van der Waals surface area contributed by atoms with Gasteiger partial charge in [0.2, 0.25) is 0 Å². The third kappa shape index (κ3) is 4.22. The molecule has 4 heteroatoms. The Morgan fingerprint density at radius 1 is 1.05 bits per heavy atom. The normalized spacial score (nSPS) is 11.7. The first-order chi connectivity index (χ1) is 9.17. The largest absolute Gasteiger partial charge is 0.148 e. The van der Waals surface area contributed by atoms with Crippen LogP contribution in [0.25, 0.3) is 0 Å². The highest BCUT2D eigenvalue weighted by molar-refractivity contribution is 9.10. The lowest BCUT2D eigenvalue weighted by molar-refractivity contribution is 0.377. The van der Waals surface area contributed by atoms with Crippen LogP contribution in [0.4, 0.5) is 0 Å². The molecule has 102 valence electrons. The number of halogens is 3. The van der Waals surface area contributed by atoms with E-state index in [4.69, 9.17) is 23.2 Å². The molecule has 0 aliphatic carbocycles. The topological polar surface area (TPSA) is 0 Å². The lowest BCUT2D eigenvalue weighted by atomic mass is 9.81. The molecule has 0 saturated heterocycles. The van der Waals surface area contributed by atoms with E-state index >= 15 is 0 Å². The lowest BCUT2D eigenvalue weighted by Gasteiger charge is -2.29. The number of hydrogen-bond donors (Lipinski definition) is 0. The van der Waals surface area contributed by atoms with E-state index in [1.165, 1.54) is 10.4 Å². The maximum Gasteiger partial charge on any atom is 0.0298 e. The van der Waals surface area contributed by atoms with Gasteiger partial charge in [-0.1, -0.05) is 30.3 Å². The molecule has 2 rings (SSSR count). The predicted octanol–water partition coefficient (Wildman–Crippen LogP) is 5.76. The average Bonchev–Trinajstić information content (AvgIpc) is 2.84. The standard InChI is InChI=1S/C15H15BrCl2S/c16-13-6-14(19-9-13)8-15(10-17,11-18)7-12-4-2-1-3-5-12/h1-6,9H,7-8,10-11H2. The monoisotopic (exact) mass is 376 g/mol. The fourth-order valence-electron chi connectivity index (χ4n) is 2.13. The van der Waals surface area contributed by atoms with E-state index in [1.807, 2.05) is 6.07 Å². The molecule has 0 bridgehead atoms. The van der Waals surface area contributed by atoms with E-state index in [2.05, 4.69) is 51.6 Å². The number of rotatable bonds is 6. The fourth-order valence-corrected chi connectivity index (χ4v) is 4.42. The zero-order chi connectivity index (χ0) is 13.7. The van der Waals surface area contributed by atoms with Crippen LogP contribution < -0.4 is 0 Å². The second kappa shape index (κ2) is 7.12. The van der Waals surface area contributed by atoms with Crippen molar-refractivity contribution >= 4 is 50.5 Å². The highest BCUT2D eigenvalue weighted by Crippen LogP contribution is 2.34. The molecule has 0 unspecified atom stereocenters. The maximum atomic E-state index is 6.24. The highest BCUT2D eigenvalue weighted by Gasteiger charge is 2.29. The molecule has 0 N–H and O–H groups in total. The van der Waals surface area contributed by atoms with Crippen LogP contribution in [0, 0.1) is 5.41 Å². The zero-order valence-corrected chi connectivity index (χ0v) is 14.3. The molecule has 0 nitrogen and oxygen atoms in total. The van der Waals surface area contributed by atoms with E-state index in [0.29, 0.717) is 11.8 Å². The Labute approximate surface area is 136 Å². The van der Waals surface area contributed by atoms with Crippen molar-refractivity contribution in [3.05, 3.63) is 56.7 Å². The van der Waals surface area contributed by atoms with E-state index < -0.39 is 0 Å². The molecule has 0 fully saturated rings. The van der Waals surface area contributed by atoms with Crippen LogP contribution in [-0.2, 0) is 12.8 Å². The highest BCUT2D eigenvalue weighted by atomic mass is 79.9. The molecule has 0 spiro atoms. The zero-order valence-electron chi connectivity index (χ0n) is 10.4. The van der Waals surface area contributed by atoms with E-state index in [1.54, 1.807) is 11.3 Å². The van der Waals surface area contributed by atoms with Crippen molar-refractivity contribution in [3.63, 3.8) is 0 Å². The van der Waals surface area contributed by atoms with Crippen molar-refractivity contribution in [3.8, 4) is 0 Å². The average molecular weight is 378 g/mol. The van der Waals surface area contributed by atoms with Crippen LogP contribution in [-0.4, -0.2) is 11.8 Å². The smallest absolute Gasteiger partial charge is 0.0298 e. The van der Waals surface area contributed by atoms with Crippen molar-refractivity contribution in [2.45, 2.75) is 12.8 Å². The number of alkyl halides is 2. The summed E-state index contributed by atoms with van der Waals surface area (Å²) in [4.78, 5) is 1.32. The summed E-state index contributed by atoms with van der Waals surface area (Å²) in [7, 11) is 0. The van der Waals surface area contributed by atoms with Crippen LogP contribution in [0.15, 0.2) is 46.3 Å². The summed E-state index contributed by atoms with van der Waals surface area (Å²) < 4.78 is 1.13. The van der Waals surface area contributed by atoms with Gasteiger partial charge >= 0.3 is 0 Å². The Morgan fingerprint density at radius 2 is 1.74 bits per heavy atom. The molecule has 0 amide bonds. The van der Waals surface area contributed by atoms with Gasteiger partial charge in [0, 0.05) is 31.9 Å². The summed E-state index contributed by atoms with van der Waals surface area (Å²) in [6, 6.07) is 12.6. The van der Waals surface area contributed by atoms with Crippen LogP contribution >= 0.6 is 50.5 Å². The van der Waals surface area contributed by atoms with E-state index in [9.17, 15) is 0 Å². The van der Waals surface area contributed by atoms with Crippen molar-refractivity contribution in [2.75, 3.05) is 11.8 Å². The minimum atomic E-state index is -0.0746. The first-order valence-electron chi connectivity index (χ1n) is 6.06. The van der Waals surface area contributed by atoms with Crippen LogP contribution in [0.1, 0.15) is 10.4 Å². The van der Waals surface area contributed by atoms with Crippen molar-refractivity contribution in [2.24, 2.45) is 5.41 Å². The minimum Gasteiger partial charge on any atom is -0.148 e. The number of benzene rings is 1. The third-order valence-electron chi connectivity index (χ3n) is 3.16. The summed E-state index contributed by atoms with van der Waals surface area (Å²) in [6.07, 6.45) is 1.83. The quantitative estimate of drug-likeness (QED) is 0.561. The summed E-state index contributed by atoms with van der Waals surface area (Å²) in [6.45, 7) is 0. The molecule has 0 aliphatic heterocycles. The Morgan fingerprint density at radius 3 is 2.26 bits per heavy atom. The molecule has 0 radical (unpaired) electrons. The van der Waals surface area contributed by atoms with E-state index in [-0.39, 0.29) is 5.41 Å². The van der Waals surface area contributed by atoms with Crippen LogP contribution in [0.3, 0.4) is 0 Å². The predicted molar refractivity (Wildman–Crippen MR) is 89.7 cm³/mol. The van der Waals surface area contributed by atoms with Gasteiger partial charge in [0.05, 0.1) is 0 Å². The Balaban J connectivity index is 2.17. The second-order valence-electron chi connectivity index (χ2n) is 4.84. The first-order valence-corrected chi connectivity index (χ1v) is 8.80. The van der Waals surface area contributed by atoms with Crippen molar-refractivity contribution in [1.82, 2.24) is 0 Å². The van der Waals surface area contributed by atoms with Gasteiger partial charge in [-0.2, -0.15) is 0 Å². The molecule has 19 heavy (non-hydrogen) atoms. The summed E-state index contributed by atoms with van der Waals surface area (Å²) in [5.74, 6) is 1.14. The number of thiophene rings is 1. The Bertz CT molecular complexity index is 506. The first kappa shape index (κ1) is 15.4. The summed E-state index contributed by atoms with van der Waals surface area (Å²) in [5, 5.41) is 2.10. The van der Waals surface area contributed by atoms with E-state index in [0.717, 1.165) is 17.3 Å². The second-order valence-corrected chi connectivity index (χ2v) is 7.28. The van der Waals surface area contributed by atoms with Gasteiger partial charge in [-0.15, -0.1) is 34.5 Å². The molecule has 1 heterocycles. The molecule has 0 aliphatic rings. The van der Waals surface area contributed by atoms with Gasteiger partial charge in [-0.25, -0.2) is 0 Å². The fraction of sp³-hybridized carbons (Fsp3) is 0.333. The molecular weight excluding hydrogens is 363 g/mol. The SMILES string of the molecule is ClCC(CCl)(Cc1ccccc1)Cc1cc(Br)cs1. The summed E-state index contributed by atoms with van der Waals surface area (Å²) in [5.41, 5.74) is 1.22. The maximum absolute atomic E-state index is 6.24.